The molecule has 2 N–H and O–H groups in total. The number of alkyl halides is 3. The Hall–Kier alpha value is -3.01. The van der Waals surface area contributed by atoms with E-state index in [9.17, 15) is 27.9 Å². The molecule has 0 aliphatic rings. The van der Waals surface area contributed by atoms with Crippen LogP contribution < -0.4 is 10.1 Å². The Morgan fingerprint density at radius 3 is 2.38 bits per heavy atom. The van der Waals surface area contributed by atoms with Crippen LogP contribution in [0.15, 0.2) is 41.0 Å². The van der Waals surface area contributed by atoms with Gasteiger partial charge in [0.25, 0.3) is 11.5 Å². The standard InChI is InChI=1S/C16H14F3NO6/c1-24-12-8-9(15(23,14(22)25-2)16(17,18)19)5-6-10(12)20-13(21)11-4-3-7-26-11/h3-8,23H,1-2H3,(H,20,21)/t15-/m0/s1. The third-order valence-corrected chi connectivity index (χ3v) is 3.50. The first-order chi connectivity index (χ1) is 12.1. The molecule has 0 bridgehead atoms. The van der Waals surface area contributed by atoms with Crippen molar-refractivity contribution >= 4 is 17.6 Å². The molecule has 0 fully saturated rings. The summed E-state index contributed by atoms with van der Waals surface area (Å²) in [5, 5.41) is 12.4. The summed E-state index contributed by atoms with van der Waals surface area (Å²) in [6.45, 7) is 0. The molecule has 0 radical (unpaired) electrons. The summed E-state index contributed by atoms with van der Waals surface area (Å²) in [6.07, 6.45) is -4.07. The lowest BCUT2D eigenvalue weighted by atomic mass is 9.92. The van der Waals surface area contributed by atoms with Crippen LogP contribution in [0.2, 0.25) is 0 Å². The highest BCUT2D eigenvalue weighted by atomic mass is 19.4. The lowest BCUT2D eigenvalue weighted by Gasteiger charge is -2.28. The van der Waals surface area contributed by atoms with E-state index in [4.69, 9.17) is 9.15 Å². The van der Waals surface area contributed by atoms with Gasteiger partial charge in [-0.05, 0) is 24.3 Å². The van der Waals surface area contributed by atoms with E-state index in [2.05, 4.69) is 10.1 Å². The van der Waals surface area contributed by atoms with E-state index in [1.807, 2.05) is 0 Å². The second kappa shape index (κ2) is 7.08. The number of furan rings is 1. The monoisotopic (exact) mass is 373 g/mol. The van der Waals surface area contributed by atoms with Crippen molar-refractivity contribution in [3.05, 3.63) is 47.9 Å². The summed E-state index contributed by atoms with van der Waals surface area (Å²) in [7, 11) is 1.86. The molecule has 10 heteroatoms. The molecule has 1 heterocycles. The topological polar surface area (TPSA) is 98.0 Å². The van der Waals surface area contributed by atoms with Gasteiger partial charge >= 0.3 is 12.1 Å². The molecule has 0 aliphatic heterocycles. The first kappa shape index (κ1) is 19.3. The van der Waals surface area contributed by atoms with Gasteiger partial charge in [-0.3, -0.25) is 4.79 Å². The minimum absolute atomic E-state index is 0.00652. The average molecular weight is 373 g/mol. The highest BCUT2D eigenvalue weighted by Crippen LogP contribution is 2.42. The minimum Gasteiger partial charge on any atom is -0.495 e. The van der Waals surface area contributed by atoms with Crippen LogP contribution in [0.1, 0.15) is 16.1 Å². The Morgan fingerprint density at radius 1 is 1.19 bits per heavy atom. The van der Waals surface area contributed by atoms with Gasteiger partial charge in [-0.25, -0.2) is 4.79 Å². The smallest absolute Gasteiger partial charge is 0.432 e. The summed E-state index contributed by atoms with van der Waals surface area (Å²) in [5.41, 5.74) is -4.71. The molecule has 1 aromatic carbocycles. The van der Waals surface area contributed by atoms with Crippen molar-refractivity contribution in [3.63, 3.8) is 0 Å². The molecule has 0 saturated carbocycles. The van der Waals surface area contributed by atoms with E-state index in [1.54, 1.807) is 0 Å². The van der Waals surface area contributed by atoms with Crippen LogP contribution >= 0.6 is 0 Å². The first-order valence-electron chi connectivity index (χ1n) is 7.06. The molecule has 2 aromatic rings. The van der Waals surface area contributed by atoms with Crippen LogP contribution in [0, 0.1) is 0 Å². The number of hydrogen-bond donors (Lipinski definition) is 2. The fourth-order valence-electron chi connectivity index (χ4n) is 2.16. The van der Waals surface area contributed by atoms with Crippen molar-refractivity contribution < 1.29 is 41.8 Å². The number of esters is 1. The summed E-state index contributed by atoms with van der Waals surface area (Å²) < 4.78 is 53.8. The zero-order chi connectivity index (χ0) is 19.5. The van der Waals surface area contributed by atoms with Crippen LogP contribution in [-0.2, 0) is 15.1 Å². The van der Waals surface area contributed by atoms with Gasteiger partial charge in [-0.2, -0.15) is 13.2 Å². The molecule has 0 unspecified atom stereocenters. The number of hydrogen-bond acceptors (Lipinski definition) is 6. The van der Waals surface area contributed by atoms with Crippen molar-refractivity contribution in [2.75, 3.05) is 19.5 Å². The number of ether oxygens (including phenoxy) is 2. The van der Waals surface area contributed by atoms with Gasteiger partial charge in [-0.15, -0.1) is 0 Å². The number of rotatable bonds is 5. The number of anilines is 1. The molecule has 2 rings (SSSR count). The second-order valence-corrected chi connectivity index (χ2v) is 5.05. The molecule has 7 nitrogen and oxygen atoms in total. The van der Waals surface area contributed by atoms with Crippen molar-refractivity contribution in [2.24, 2.45) is 0 Å². The quantitative estimate of drug-likeness (QED) is 0.782. The van der Waals surface area contributed by atoms with E-state index in [1.165, 1.54) is 18.4 Å². The predicted molar refractivity (Wildman–Crippen MR) is 81.6 cm³/mol. The third kappa shape index (κ3) is 3.36. The SMILES string of the molecule is COC(=O)[C@@](O)(c1ccc(NC(=O)c2ccco2)c(OC)c1)C(F)(F)F. The summed E-state index contributed by atoms with van der Waals surface area (Å²) in [5.74, 6) is -2.81. The Labute approximate surface area is 145 Å². The van der Waals surface area contributed by atoms with Crippen LogP contribution in [0.5, 0.6) is 5.75 Å². The fraction of sp³-hybridized carbons (Fsp3) is 0.250. The van der Waals surface area contributed by atoms with Crippen molar-refractivity contribution in [2.45, 2.75) is 11.8 Å². The number of methoxy groups -OCH3 is 2. The number of amides is 1. The molecular weight excluding hydrogens is 359 g/mol. The number of carbonyl (C=O) groups excluding carboxylic acids is 2. The van der Waals surface area contributed by atoms with E-state index in [-0.39, 0.29) is 17.2 Å². The maximum Gasteiger partial charge on any atom is 0.432 e. The zero-order valence-electron chi connectivity index (χ0n) is 13.6. The summed E-state index contributed by atoms with van der Waals surface area (Å²) in [4.78, 5) is 23.6. The van der Waals surface area contributed by atoms with E-state index < -0.39 is 29.2 Å². The fourth-order valence-corrected chi connectivity index (χ4v) is 2.16. The van der Waals surface area contributed by atoms with E-state index in [0.717, 1.165) is 25.3 Å². The van der Waals surface area contributed by atoms with Crippen LogP contribution in [0.3, 0.4) is 0 Å². The molecule has 0 aliphatic carbocycles. The van der Waals surface area contributed by atoms with Gasteiger partial charge in [-0.1, -0.05) is 6.07 Å². The molecule has 1 atom stereocenters. The largest absolute Gasteiger partial charge is 0.495 e. The maximum absolute atomic E-state index is 13.3. The molecule has 140 valence electrons. The Kier molecular flexibility index (Phi) is 5.26. The van der Waals surface area contributed by atoms with Gasteiger partial charge in [0.1, 0.15) is 5.75 Å². The molecule has 0 spiro atoms. The molecule has 1 aromatic heterocycles. The molecular formula is C16H14F3NO6. The lowest BCUT2D eigenvalue weighted by Crippen LogP contribution is -2.49. The van der Waals surface area contributed by atoms with Crippen LogP contribution in [0.25, 0.3) is 0 Å². The van der Waals surface area contributed by atoms with Crippen molar-refractivity contribution in [1.82, 2.24) is 0 Å². The maximum atomic E-state index is 13.3. The number of carbonyl (C=O) groups is 2. The van der Waals surface area contributed by atoms with Gasteiger partial charge < -0.3 is 24.3 Å². The molecule has 0 saturated heterocycles. The number of nitrogens with one attached hydrogen (secondary N) is 1. The second-order valence-electron chi connectivity index (χ2n) is 5.05. The first-order valence-corrected chi connectivity index (χ1v) is 7.06. The Morgan fingerprint density at radius 2 is 1.88 bits per heavy atom. The van der Waals surface area contributed by atoms with Gasteiger partial charge in [0, 0.05) is 5.56 Å². The minimum atomic E-state index is -5.34. The average Bonchev–Trinajstić information content (AvgIpc) is 3.14. The normalized spacial score (nSPS) is 13.6. The van der Waals surface area contributed by atoms with Gasteiger partial charge in [0.15, 0.2) is 5.76 Å². The summed E-state index contributed by atoms with van der Waals surface area (Å²) in [6, 6.07) is 5.52. The van der Waals surface area contributed by atoms with Crippen molar-refractivity contribution in [1.29, 1.82) is 0 Å². The van der Waals surface area contributed by atoms with Crippen molar-refractivity contribution in [3.8, 4) is 5.75 Å². The third-order valence-electron chi connectivity index (χ3n) is 3.50. The van der Waals surface area contributed by atoms with E-state index in [0.29, 0.717) is 7.11 Å². The number of benzene rings is 1. The lowest BCUT2D eigenvalue weighted by molar-refractivity contribution is -0.266. The zero-order valence-corrected chi connectivity index (χ0v) is 13.6. The summed E-state index contributed by atoms with van der Waals surface area (Å²) >= 11 is 0. The predicted octanol–water partition coefficient (Wildman–Crippen LogP) is 2.46. The van der Waals surface area contributed by atoms with Crippen LogP contribution in [0.4, 0.5) is 18.9 Å². The number of halogens is 3. The van der Waals surface area contributed by atoms with Gasteiger partial charge in [0.2, 0.25) is 0 Å². The molecule has 26 heavy (non-hydrogen) atoms. The van der Waals surface area contributed by atoms with Crippen LogP contribution in [-0.4, -0.2) is 37.4 Å². The number of aliphatic hydroxyl groups is 1. The Balaban J connectivity index is 2.44. The van der Waals surface area contributed by atoms with Gasteiger partial charge in [0.05, 0.1) is 26.2 Å². The molecule has 1 amide bonds. The van der Waals surface area contributed by atoms with E-state index >= 15 is 0 Å². The Bertz CT molecular complexity index is 803. The highest BCUT2D eigenvalue weighted by Gasteiger charge is 2.62. The highest BCUT2D eigenvalue weighted by molar-refractivity contribution is 6.03.